The van der Waals surface area contributed by atoms with E-state index in [0.29, 0.717) is 0 Å². The molecule has 0 unspecified atom stereocenters. The van der Waals surface area contributed by atoms with Crippen LogP contribution in [0.25, 0.3) is 0 Å². The van der Waals surface area contributed by atoms with Crippen LogP contribution in [0.1, 0.15) is 31.1 Å². The molecule has 0 radical (unpaired) electrons. The van der Waals surface area contributed by atoms with Crippen molar-refractivity contribution in [3.05, 3.63) is 29.8 Å². The molecule has 1 aromatic rings. The van der Waals surface area contributed by atoms with Gasteiger partial charge in [-0.15, -0.1) is 0 Å². The van der Waals surface area contributed by atoms with Gasteiger partial charge in [-0.3, -0.25) is 4.79 Å². The van der Waals surface area contributed by atoms with Gasteiger partial charge < -0.3 is 5.32 Å². The number of anilines is 1. The molecule has 0 aliphatic rings. The summed E-state index contributed by atoms with van der Waals surface area (Å²) in [6, 6.07) is 7.43. The lowest BCUT2D eigenvalue weighted by molar-refractivity contribution is 0.101. The van der Waals surface area contributed by atoms with Gasteiger partial charge in [-0.1, -0.05) is 26.0 Å². The number of hydrogen-bond donors (Lipinski definition) is 1. The Bertz CT molecular complexity index is 269. The van der Waals surface area contributed by atoms with Gasteiger partial charge in [0.05, 0.1) is 0 Å². The minimum absolute atomic E-state index is 0.0992. The van der Waals surface area contributed by atoms with Crippen LogP contribution in [0.5, 0.6) is 0 Å². The third-order valence-electron chi connectivity index (χ3n) is 1.56. The summed E-state index contributed by atoms with van der Waals surface area (Å²) in [6.45, 7) is 5.56. The maximum Gasteiger partial charge on any atom is 0.159 e. The molecule has 1 aromatic carbocycles. The molecule has 0 bridgehead atoms. The molecule has 0 saturated heterocycles. The summed E-state index contributed by atoms with van der Waals surface area (Å²) >= 11 is 0. The van der Waals surface area contributed by atoms with Crippen molar-refractivity contribution in [3.8, 4) is 0 Å². The molecule has 0 aromatic heterocycles. The summed E-state index contributed by atoms with van der Waals surface area (Å²) in [5.41, 5.74) is 1.72. The standard InChI is InChI=1S/C9H11NO.C2H6/c1-7(11)8-4-3-5-9(6-8)10-2;1-2/h3-6,10H,1-2H3;1-2H3. The van der Waals surface area contributed by atoms with Gasteiger partial charge in [-0.2, -0.15) is 0 Å². The summed E-state index contributed by atoms with van der Waals surface area (Å²) in [5, 5.41) is 2.97. The Balaban J connectivity index is 0.000000671. The van der Waals surface area contributed by atoms with Crippen molar-refractivity contribution >= 4 is 11.5 Å². The van der Waals surface area contributed by atoms with Crippen LogP contribution < -0.4 is 5.32 Å². The summed E-state index contributed by atoms with van der Waals surface area (Å²) in [5.74, 6) is 0.0992. The molecule has 0 heterocycles. The molecule has 72 valence electrons. The van der Waals surface area contributed by atoms with E-state index in [0.717, 1.165) is 11.3 Å². The van der Waals surface area contributed by atoms with Crippen LogP contribution in [0.2, 0.25) is 0 Å². The van der Waals surface area contributed by atoms with Gasteiger partial charge >= 0.3 is 0 Å². The summed E-state index contributed by atoms with van der Waals surface area (Å²) in [4.78, 5) is 10.9. The maximum atomic E-state index is 10.9. The van der Waals surface area contributed by atoms with Gasteiger partial charge in [0.1, 0.15) is 0 Å². The van der Waals surface area contributed by atoms with Gasteiger partial charge in [-0.05, 0) is 19.1 Å². The largest absolute Gasteiger partial charge is 0.388 e. The molecule has 1 rings (SSSR count). The van der Waals surface area contributed by atoms with Crippen molar-refractivity contribution in [2.45, 2.75) is 20.8 Å². The number of nitrogens with one attached hydrogen (secondary N) is 1. The summed E-state index contributed by atoms with van der Waals surface area (Å²) in [7, 11) is 1.83. The van der Waals surface area contributed by atoms with E-state index >= 15 is 0 Å². The first-order valence-corrected chi connectivity index (χ1v) is 4.53. The van der Waals surface area contributed by atoms with E-state index in [-0.39, 0.29) is 5.78 Å². The smallest absolute Gasteiger partial charge is 0.159 e. The molecule has 0 saturated carbocycles. The van der Waals surface area contributed by atoms with E-state index in [1.807, 2.05) is 45.2 Å². The monoisotopic (exact) mass is 179 g/mol. The second-order valence-corrected chi connectivity index (χ2v) is 2.39. The zero-order valence-electron chi connectivity index (χ0n) is 8.72. The molecule has 2 nitrogen and oxygen atoms in total. The Morgan fingerprint density at radius 1 is 1.31 bits per heavy atom. The topological polar surface area (TPSA) is 29.1 Å². The van der Waals surface area contributed by atoms with E-state index in [1.165, 1.54) is 0 Å². The Labute approximate surface area is 80.0 Å². The fraction of sp³-hybridized carbons (Fsp3) is 0.364. The zero-order chi connectivity index (χ0) is 10.3. The number of rotatable bonds is 2. The van der Waals surface area contributed by atoms with Crippen LogP contribution >= 0.6 is 0 Å². The minimum atomic E-state index is 0.0992. The predicted octanol–water partition coefficient (Wildman–Crippen LogP) is 2.96. The number of ketones is 1. The highest BCUT2D eigenvalue weighted by molar-refractivity contribution is 5.94. The molecule has 0 atom stereocenters. The van der Waals surface area contributed by atoms with Crippen molar-refractivity contribution in [2.75, 3.05) is 12.4 Å². The van der Waals surface area contributed by atoms with Crippen LogP contribution in [0.15, 0.2) is 24.3 Å². The van der Waals surface area contributed by atoms with Gasteiger partial charge in [0.15, 0.2) is 5.78 Å². The maximum absolute atomic E-state index is 10.9. The molecule has 0 aliphatic heterocycles. The molecular formula is C11H17NO. The minimum Gasteiger partial charge on any atom is -0.388 e. The van der Waals surface area contributed by atoms with Crippen LogP contribution in [0.4, 0.5) is 5.69 Å². The van der Waals surface area contributed by atoms with Crippen LogP contribution in [0, 0.1) is 0 Å². The van der Waals surface area contributed by atoms with Crippen molar-refractivity contribution in [1.82, 2.24) is 0 Å². The van der Waals surface area contributed by atoms with Crippen LogP contribution in [-0.2, 0) is 0 Å². The van der Waals surface area contributed by atoms with Gasteiger partial charge in [-0.25, -0.2) is 0 Å². The van der Waals surface area contributed by atoms with E-state index in [2.05, 4.69) is 5.32 Å². The number of benzene rings is 1. The molecule has 1 N–H and O–H groups in total. The van der Waals surface area contributed by atoms with Gasteiger partial charge in [0.25, 0.3) is 0 Å². The Kier molecular flexibility index (Phi) is 5.60. The fourth-order valence-corrected chi connectivity index (χ4v) is 0.894. The number of carbonyl (C=O) groups excluding carboxylic acids is 1. The predicted molar refractivity (Wildman–Crippen MR) is 57.3 cm³/mol. The average molecular weight is 179 g/mol. The Morgan fingerprint density at radius 3 is 2.38 bits per heavy atom. The molecule has 0 amide bonds. The number of carbonyl (C=O) groups is 1. The second kappa shape index (κ2) is 6.23. The van der Waals surface area contributed by atoms with Crippen molar-refractivity contribution < 1.29 is 4.79 Å². The third kappa shape index (κ3) is 3.74. The number of hydrogen-bond acceptors (Lipinski definition) is 2. The van der Waals surface area contributed by atoms with E-state index < -0.39 is 0 Å². The van der Waals surface area contributed by atoms with Gasteiger partial charge in [0, 0.05) is 18.3 Å². The lowest BCUT2D eigenvalue weighted by Gasteiger charge is -2.00. The highest BCUT2D eigenvalue weighted by atomic mass is 16.1. The molecule has 0 spiro atoms. The first-order chi connectivity index (χ1) is 6.24. The Hall–Kier alpha value is -1.31. The second-order valence-electron chi connectivity index (χ2n) is 2.39. The first-order valence-electron chi connectivity index (χ1n) is 4.53. The highest BCUT2D eigenvalue weighted by Gasteiger charge is 1.97. The molecule has 0 aliphatic carbocycles. The summed E-state index contributed by atoms with van der Waals surface area (Å²) < 4.78 is 0. The normalized spacial score (nSPS) is 8.31. The van der Waals surface area contributed by atoms with E-state index in [9.17, 15) is 4.79 Å². The van der Waals surface area contributed by atoms with E-state index in [4.69, 9.17) is 0 Å². The first kappa shape index (κ1) is 11.7. The highest BCUT2D eigenvalue weighted by Crippen LogP contribution is 2.09. The SMILES string of the molecule is CC.CNc1cccc(C(C)=O)c1. The van der Waals surface area contributed by atoms with Crippen molar-refractivity contribution in [2.24, 2.45) is 0 Å². The Morgan fingerprint density at radius 2 is 1.92 bits per heavy atom. The molecule has 0 fully saturated rings. The molecule has 13 heavy (non-hydrogen) atoms. The molecular weight excluding hydrogens is 162 g/mol. The fourth-order valence-electron chi connectivity index (χ4n) is 0.894. The van der Waals surface area contributed by atoms with Crippen molar-refractivity contribution in [3.63, 3.8) is 0 Å². The molecule has 2 heteroatoms. The number of Topliss-reactive ketones (excluding diaryl/α,β-unsaturated/α-hetero) is 1. The summed E-state index contributed by atoms with van der Waals surface area (Å²) in [6.07, 6.45) is 0. The van der Waals surface area contributed by atoms with Crippen molar-refractivity contribution in [1.29, 1.82) is 0 Å². The van der Waals surface area contributed by atoms with Gasteiger partial charge in [0.2, 0.25) is 0 Å². The quantitative estimate of drug-likeness (QED) is 0.707. The van der Waals surface area contributed by atoms with Crippen LogP contribution in [0.3, 0.4) is 0 Å². The van der Waals surface area contributed by atoms with E-state index in [1.54, 1.807) is 6.92 Å². The lowest BCUT2D eigenvalue weighted by atomic mass is 10.1. The lowest BCUT2D eigenvalue weighted by Crippen LogP contribution is -1.94. The van der Waals surface area contributed by atoms with Crippen LogP contribution in [-0.4, -0.2) is 12.8 Å². The zero-order valence-corrected chi connectivity index (χ0v) is 8.72. The third-order valence-corrected chi connectivity index (χ3v) is 1.56. The average Bonchev–Trinajstić information content (AvgIpc) is 2.21.